The van der Waals surface area contributed by atoms with Crippen LogP contribution in [0.15, 0.2) is 0 Å². The van der Waals surface area contributed by atoms with E-state index >= 15 is 0 Å². The van der Waals surface area contributed by atoms with Gasteiger partial charge in [0.1, 0.15) is 0 Å². The molecule has 17 heavy (non-hydrogen) atoms. The predicted octanol–water partition coefficient (Wildman–Crippen LogP) is 3.32. The lowest BCUT2D eigenvalue weighted by Gasteiger charge is -2.17. The second kappa shape index (κ2) is 17.8. The van der Waals surface area contributed by atoms with Crippen LogP contribution >= 0.6 is 0 Å². The normalized spacial score (nSPS) is 14.4. The van der Waals surface area contributed by atoms with E-state index in [1.165, 1.54) is 26.3 Å². The second-order valence-electron chi connectivity index (χ2n) is 4.47. The van der Waals surface area contributed by atoms with Crippen LogP contribution in [0, 0.1) is 11.8 Å². The molecule has 0 aromatic carbocycles. The van der Waals surface area contributed by atoms with Gasteiger partial charge in [-0.25, -0.2) is 0 Å². The van der Waals surface area contributed by atoms with Gasteiger partial charge in [0.25, 0.3) is 0 Å². The van der Waals surface area contributed by atoms with E-state index < -0.39 is 0 Å². The van der Waals surface area contributed by atoms with E-state index in [2.05, 4.69) is 26.5 Å². The van der Waals surface area contributed by atoms with E-state index in [-0.39, 0.29) is 11.8 Å². The molecule has 1 amide bonds. The zero-order valence-corrected chi connectivity index (χ0v) is 12.8. The van der Waals surface area contributed by atoms with Crippen LogP contribution in [0.2, 0.25) is 0 Å². The van der Waals surface area contributed by atoms with Gasteiger partial charge in [0.05, 0.1) is 0 Å². The number of carbonyl (C=O) groups is 1. The minimum absolute atomic E-state index is 0.102. The molecular weight excluding hydrogens is 212 g/mol. The van der Waals surface area contributed by atoms with E-state index in [1.807, 2.05) is 13.8 Å². The van der Waals surface area contributed by atoms with Crippen molar-refractivity contribution in [1.29, 1.82) is 0 Å². The Morgan fingerprint density at radius 3 is 1.47 bits per heavy atom. The number of carbonyl (C=O) groups excluding carboxylic acids is 1. The van der Waals surface area contributed by atoms with Crippen molar-refractivity contribution in [3.8, 4) is 0 Å². The molecule has 3 heteroatoms. The van der Waals surface area contributed by atoms with Gasteiger partial charge in [0.15, 0.2) is 0 Å². The van der Waals surface area contributed by atoms with Crippen molar-refractivity contribution in [2.45, 2.75) is 66.7 Å². The molecule has 1 aliphatic rings. The van der Waals surface area contributed by atoms with E-state index in [1.54, 1.807) is 0 Å². The quantitative estimate of drug-likeness (QED) is 0.745. The van der Waals surface area contributed by atoms with Gasteiger partial charge in [-0.05, 0) is 25.8 Å². The summed E-state index contributed by atoms with van der Waals surface area (Å²) in [6.07, 6.45) is 5.70. The van der Waals surface area contributed by atoms with Crippen molar-refractivity contribution in [2.75, 3.05) is 7.05 Å². The minimum Gasteiger partial charge on any atom is -0.369 e. The largest absolute Gasteiger partial charge is 0.369 e. The first kappa shape index (κ1) is 21.7. The highest BCUT2D eigenvalue weighted by molar-refractivity contribution is 5.76. The summed E-state index contributed by atoms with van der Waals surface area (Å²) in [4.78, 5) is 10.6. The Morgan fingerprint density at radius 1 is 1.00 bits per heavy atom. The van der Waals surface area contributed by atoms with Gasteiger partial charge in [-0.1, -0.05) is 53.9 Å². The van der Waals surface area contributed by atoms with Crippen molar-refractivity contribution in [2.24, 2.45) is 23.3 Å². The van der Waals surface area contributed by atoms with Gasteiger partial charge >= 0.3 is 0 Å². The molecule has 1 rings (SSSR count). The van der Waals surface area contributed by atoms with Crippen LogP contribution in [0.1, 0.15) is 66.7 Å². The van der Waals surface area contributed by atoms with Crippen molar-refractivity contribution in [3.63, 3.8) is 0 Å². The number of primary amides is 1. The highest BCUT2D eigenvalue weighted by Crippen LogP contribution is 2.22. The van der Waals surface area contributed by atoms with Gasteiger partial charge < -0.3 is 11.5 Å². The molecule has 106 valence electrons. The predicted molar refractivity (Wildman–Crippen MR) is 77.7 cm³/mol. The minimum atomic E-state index is -0.102. The van der Waals surface area contributed by atoms with Gasteiger partial charge in [0.2, 0.25) is 5.91 Å². The summed E-state index contributed by atoms with van der Waals surface area (Å²) in [5.74, 6) is 0.924. The maximum absolute atomic E-state index is 10.6. The second-order valence-corrected chi connectivity index (χ2v) is 4.47. The van der Waals surface area contributed by atoms with E-state index in [4.69, 9.17) is 5.73 Å². The molecular formula is C14H34N2O. The van der Waals surface area contributed by atoms with Gasteiger partial charge in [0, 0.05) is 5.92 Å². The molecule has 0 radical (unpaired) electrons. The molecule has 0 aromatic rings. The topological polar surface area (TPSA) is 69.1 Å². The van der Waals surface area contributed by atoms with Gasteiger partial charge in [-0.2, -0.15) is 0 Å². The van der Waals surface area contributed by atoms with Crippen molar-refractivity contribution in [1.82, 2.24) is 0 Å². The molecule has 4 N–H and O–H groups in total. The third kappa shape index (κ3) is 21.3. The summed E-state index contributed by atoms with van der Waals surface area (Å²) in [5.41, 5.74) is 9.63. The Labute approximate surface area is 108 Å². The number of nitrogens with two attached hydrogens (primary N) is 2. The molecule has 3 nitrogen and oxygen atoms in total. The van der Waals surface area contributed by atoms with Crippen LogP contribution < -0.4 is 11.5 Å². The molecule has 1 fully saturated rings. The number of rotatable bonds is 1. The molecule has 0 bridgehead atoms. The molecule has 0 spiro atoms. The van der Waals surface area contributed by atoms with Crippen LogP contribution in [-0.2, 0) is 4.79 Å². The lowest BCUT2D eigenvalue weighted by atomic mass is 9.89. The van der Waals surface area contributed by atoms with Crippen molar-refractivity contribution in [3.05, 3.63) is 0 Å². The standard InChI is InChI=1S/C7H13NO.C4H10.C2H6.CH5N/c8-7(9)6-4-2-1-3-5-6;1-4(2)3;2*1-2/h6H,1-5H2,(H2,8,9);4H,1-3H3;1-2H3;2H2,1H3. The Hall–Kier alpha value is -0.570. The zero-order valence-electron chi connectivity index (χ0n) is 12.8. The molecule has 1 saturated carbocycles. The fourth-order valence-corrected chi connectivity index (χ4v) is 1.39. The highest BCUT2D eigenvalue weighted by Gasteiger charge is 2.17. The monoisotopic (exact) mass is 246 g/mol. The Kier molecular flexibility index (Phi) is 22.7. The summed E-state index contributed by atoms with van der Waals surface area (Å²) in [6.45, 7) is 10.5. The summed E-state index contributed by atoms with van der Waals surface area (Å²) in [7, 11) is 1.50. The fraction of sp³-hybridized carbons (Fsp3) is 0.929. The molecule has 0 atom stereocenters. The molecule has 0 unspecified atom stereocenters. The third-order valence-electron chi connectivity index (χ3n) is 2.01. The lowest BCUT2D eigenvalue weighted by Crippen LogP contribution is -2.24. The summed E-state index contributed by atoms with van der Waals surface area (Å²) in [6, 6.07) is 0. The summed E-state index contributed by atoms with van der Waals surface area (Å²) < 4.78 is 0. The smallest absolute Gasteiger partial charge is 0.220 e. The number of amides is 1. The van der Waals surface area contributed by atoms with Crippen LogP contribution in [-0.4, -0.2) is 13.0 Å². The number of hydrogen-bond donors (Lipinski definition) is 2. The van der Waals surface area contributed by atoms with Gasteiger partial charge in [-0.3, -0.25) is 4.79 Å². The summed E-state index contributed by atoms with van der Waals surface area (Å²) >= 11 is 0. The first-order valence-corrected chi connectivity index (χ1v) is 6.91. The Morgan fingerprint density at radius 2 is 1.29 bits per heavy atom. The fourth-order valence-electron chi connectivity index (χ4n) is 1.39. The average Bonchev–Trinajstić information content (AvgIpc) is 2.34. The lowest BCUT2D eigenvalue weighted by molar-refractivity contribution is -0.122. The Bertz CT molecular complexity index is 138. The molecule has 0 aromatic heterocycles. The van der Waals surface area contributed by atoms with Crippen molar-refractivity contribution < 1.29 is 4.79 Å². The van der Waals surface area contributed by atoms with Crippen LogP contribution in [0.5, 0.6) is 0 Å². The van der Waals surface area contributed by atoms with E-state index in [0.29, 0.717) is 0 Å². The average molecular weight is 246 g/mol. The van der Waals surface area contributed by atoms with Crippen molar-refractivity contribution >= 4 is 5.91 Å². The van der Waals surface area contributed by atoms with E-state index in [9.17, 15) is 4.79 Å². The van der Waals surface area contributed by atoms with E-state index in [0.717, 1.165) is 18.8 Å². The van der Waals surface area contributed by atoms with Gasteiger partial charge in [-0.15, -0.1) is 0 Å². The maximum atomic E-state index is 10.6. The molecule has 0 aliphatic heterocycles. The van der Waals surface area contributed by atoms with Crippen LogP contribution in [0.4, 0.5) is 0 Å². The highest BCUT2D eigenvalue weighted by atomic mass is 16.1. The molecule has 0 heterocycles. The maximum Gasteiger partial charge on any atom is 0.220 e. The zero-order chi connectivity index (χ0) is 14.3. The SMILES string of the molecule is CC.CC(C)C.CN.NC(=O)C1CCCCC1. The molecule has 1 aliphatic carbocycles. The Balaban J connectivity index is -0.000000208. The number of hydrogen-bond acceptors (Lipinski definition) is 2. The van der Waals surface area contributed by atoms with Crippen LogP contribution in [0.3, 0.4) is 0 Å². The molecule has 0 saturated heterocycles. The third-order valence-corrected chi connectivity index (χ3v) is 2.01. The first-order valence-electron chi connectivity index (χ1n) is 6.91. The first-order chi connectivity index (χ1) is 8.04. The summed E-state index contributed by atoms with van der Waals surface area (Å²) in [5, 5.41) is 0. The van der Waals surface area contributed by atoms with Crippen LogP contribution in [0.25, 0.3) is 0 Å².